The van der Waals surface area contributed by atoms with Crippen molar-refractivity contribution in [1.29, 1.82) is 0 Å². The van der Waals surface area contributed by atoms with Crippen LogP contribution in [0.5, 0.6) is 0 Å². The van der Waals surface area contributed by atoms with E-state index >= 15 is 0 Å². The summed E-state index contributed by atoms with van der Waals surface area (Å²) in [5.41, 5.74) is 3.20. The molecule has 2 aliphatic rings. The SMILES string of the molecule is O=C1CCCC[C@H]2OCCn3c2c1c1cc(Br)ccc13. The zero-order valence-corrected chi connectivity index (χ0v) is 12.8. The van der Waals surface area contributed by atoms with Crippen LogP contribution < -0.4 is 0 Å². The van der Waals surface area contributed by atoms with Gasteiger partial charge in [0.2, 0.25) is 0 Å². The lowest BCUT2D eigenvalue weighted by atomic mass is 9.93. The molecule has 0 saturated carbocycles. The summed E-state index contributed by atoms with van der Waals surface area (Å²) in [6, 6.07) is 6.24. The van der Waals surface area contributed by atoms with E-state index in [4.69, 9.17) is 4.74 Å². The third kappa shape index (κ3) is 1.78. The highest BCUT2D eigenvalue weighted by molar-refractivity contribution is 9.10. The van der Waals surface area contributed by atoms with E-state index < -0.39 is 0 Å². The smallest absolute Gasteiger partial charge is 0.165 e. The Balaban J connectivity index is 2.08. The number of halogens is 1. The predicted octanol–water partition coefficient (Wildman–Crippen LogP) is 4.23. The molecule has 1 aliphatic heterocycles. The second-order valence-corrected chi connectivity index (χ2v) is 6.52. The lowest BCUT2D eigenvalue weighted by molar-refractivity contribution is 0.0132. The molecule has 0 spiro atoms. The third-order valence-corrected chi connectivity index (χ3v) is 4.90. The zero-order chi connectivity index (χ0) is 13.7. The van der Waals surface area contributed by atoms with E-state index in [9.17, 15) is 4.79 Å². The van der Waals surface area contributed by atoms with E-state index in [-0.39, 0.29) is 11.9 Å². The van der Waals surface area contributed by atoms with Gasteiger partial charge in [-0.25, -0.2) is 0 Å². The van der Waals surface area contributed by atoms with E-state index in [0.717, 1.165) is 53.5 Å². The fourth-order valence-corrected chi connectivity index (χ4v) is 3.90. The molecule has 1 aromatic heterocycles. The molecule has 4 heteroatoms. The molecule has 0 N–H and O–H groups in total. The molecule has 20 heavy (non-hydrogen) atoms. The summed E-state index contributed by atoms with van der Waals surface area (Å²) < 4.78 is 9.27. The highest BCUT2D eigenvalue weighted by Gasteiger charge is 2.32. The van der Waals surface area contributed by atoms with E-state index in [1.165, 1.54) is 5.52 Å². The van der Waals surface area contributed by atoms with E-state index in [0.29, 0.717) is 6.42 Å². The van der Waals surface area contributed by atoms with Crippen LogP contribution in [-0.4, -0.2) is 17.0 Å². The lowest BCUT2D eigenvalue weighted by Gasteiger charge is -2.28. The Bertz CT molecular complexity index is 704. The predicted molar refractivity (Wildman–Crippen MR) is 81.1 cm³/mol. The van der Waals surface area contributed by atoms with Gasteiger partial charge in [-0.3, -0.25) is 4.79 Å². The molecule has 104 valence electrons. The molecule has 0 saturated heterocycles. The summed E-state index contributed by atoms with van der Waals surface area (Å²) in [7, 11) is 0. The Labute approximate surface area is 126 Å². The molecule has 1 aromatic carbocycles. The number of hydrogen-bond acceptors (Lipinski definition) is 2. The van der Waals surface area contributed by atoms with Crippen LogP contribution in [0.25, 0.3) is 10.9 Å². The van der Waals surface area contributed by atoms with Crippen molar-refractivity contribution in [2.75, 3.05) is 6.61 Å². The second kappa shape index (κ2) is 4.71. The zero-order valence-electron chi connectivity index (χ0n) is 11.2. The van der Waals surface area contributed by atoms with Gasteiger partial charge >= 0.3 is 0 Å². The maximum atomic E-state index is 12.6. The lowest BCUT2D eigenvalue weighted by Crippen LogP contribution is -2.24. The van der Waals surface area contributed by atoms with Crippen molar-refractivity contribution >= 4 is 32.6 Å². The van der Waals surface area contributed by atoms with Gasteiger partial charge in [0.15, 0.2) is 5.78 Å². The van der Waals surface area contributed by atoms with Crippen molar-refractivity contribution in [3.8, 4) is 0 Å². The number of fused-ring (bicyclic) bond motifs is 3. The average Bonchev–Trinajstić information content (AvgIpc) is 2.75. The maximum Gasteiger partial charge on any atom is 0.165 e. The summed E-state index contributed by atoms with van der Waals surface area (Å²) in [6.45, 7) is 1.59. The summed E-state index contributed by atoms with van der Waals surface area (Å²) >= 11 is 3.53. The van der Waals surface area contributed by atoms with Gasteiger partial charge in [0.1, 0.15) is 0 Å². The Kier molecular flexibility index (Phi) is 2.97. The van der Waals surface area contributed by atoms with Gasteiger partial charge in [-0.2, -0.15) is 0 Å². The Morgan fingerprint density at radius 2 is 2.20 bits per heavy atom. The van der Waals surface area contributed by atoms with Gasteiger partial charge in [-0.1, -0.05) is 22.4 Å². The highest BCUT2D eigenvalue weighted by atomic mass is 79.9. The van der Waals surface area contributed by atoms with Crippen molar-refractivity contribution in [2.45, 2.75) is 38.3 Å². The summed E-state index contributed by atoms with van der Waals surface area (Å²) in [4.78, 5) is 12.6. The number of nitrogens with zero attached hydrogens (tertiary/aromatic N) is 1. The monoisotopic (exact) mass is 333 g/mol. The number of ether oxygens (including phenoxy) is 1. The number of aromatic nitrogens is 1. The Morgan fingerprint density at radius 3 is 3.10 bits per heavy atom. The maximum absolute atomic E-state index is 12.6. The molecule has 0 fully saturated rings. The first-order valence-corrected chi connectivity index (χ1v) is 8.01. The summed E-state index contributed by atoms with van der Waals surface area (Å²) in [5.74, 6) is 0.275. The van der Waals surface area contributed by atoms with Crippen LogP contribution in [-0.2, 0) is 11.3 Å². The topological polar surface area (TPSA) is 31.2 Å². The van der Waals surface area contributed by atoms with Crippen molar-refractivity contribution in [3.05, 3.63) is 33.9 Å². The van der Waals surface area contributed by atoms with Gasteiger partial charge in [-0.15, -0.1) is 0 Å². The first kappa shape index (κ1) is 12.6. The van der Waals surface area contributed by atoms with Crippen molar-refractivity contribution in [2.24, 2.45) is 0 Å². The molecule has 1 atom stereocenters. The molecule has 0 bridgehead atoms. The van der Waals surface area contributed by atoms with Gasteiger partial charge in [0.25, 0.3) is 0 Å². The molecule has 0 amide bonds. The first-order chi connectivity index (χ1) is 9.75. The molecular formula is C16H16BrNO2. The van der Waals surface area contributed by atoms with E-state index in [1.54, 1.807) is 0 Å². The number of benzene rings is 1. The minimum absolute atomic E-state index is 0.0918. The molecule has 2 aromatic rings. The number of ketones is 1. The second-order valence-electron chi connectivity index (χ2n) is 5.60. The first-order valence-electron chi connectivity index (χ1n) is 7.22. The molecule has 4 rings (SSSR count). The number of carbonyl (C=O) groups excluding carboxylic acids is 1. The largest absolute Gasteiger partial charge is 0.370 e. The minimum atomic E-state index is 0.0918. The van der Waals surface area contributed by atoms with Crippen LogP contribution in [0.2, 0.25) is 0 Å². The quantitative estimate of drug-likeness (QED) is 0.722. The molecular weight excluding hydrogens is 318 g/mol. The average molecular weight is 334 g/mol. The van der Waals surface area contributed by atoms with Gasteiger partial charge in [0.05, 0.1) is 18.4 Å². The summed E-state index contributed by atoms with van der Waals surface area (Å²) in [5, 5.41) is 1.08. The molecule has 2 heterocycles. The summed E-state index contributed by atoms with van der Waals surface area (Å²) in [6.07, 6.45) is 3.82. The van der Waals surface area contributed by atoms with Gasteiger partial charge in [-0.05, 0) is 31.0 Å². The fourth-order valence-electron chi connectivity index (χ4n) is 3.54. The third-order valence-electron chi connectivity index (χ3n) is 4.40. The number of Topliss-reactive ketones (excluding diaryl/α,β-unsaturated/α-hetero) is 1. The molecule has 0 radical (unpaired) electrons. The van der Waals surface area contributed by atoms with Crippen LogP contribution in [0.1, 0.15) is 47.8 Å². The molecule has 3 nitrogen and oxygen atoms in total. The van der Waals surface area contributed by atoms with E-state index in [1.807, 2.05) is 6.07 Å². The number of carbonyl (C=O) groups is 1. The molecule has 1 aliphatic carbocycles. The van der Waals surface area contributed by atoms with Crippen LogP contribution in [0, 0.1) is 0 Å². The normalized spacial score (nSPS) is 22.4. The molecule has 0 unspecified atom stereocenters. The van der Waals surface area contributed by atoms with Crippen molar-refractivity contribution in [1.82, 2.24) is 4.57 Å². The number of rotatable bonds is 0. The van der Waals surface area contributed by atoms with E-state index in [2.05, 4.69) is 32.6 Å². The van der Waals surface area contributed by atoms with Crippen LogP contribution >= 0.6 is 15.9 Å². The van der Waals surface area contributed by atoms with Crippen LogP contribution in [0.3, 0.4) is 0 Å². The van der Waals surface area contributed by atoms with Crippen molar-refractivity contribution in [3.63, 3.8) is 0 Å². The Hall–Kier alpha value is -1.13. The van der Waals surface area contributed by atoms with Gasteiger partial charge < -0.3 is 9.30 Å². The minimum Gasteiger partial charge on any atom is -0.370 e. The van der Waals surface area contributed by atoms with Crippen LogP contribution in [0.15, 0.2) is 22.7 Å². The fraction of sp³-hybridized carbons (Fsp3) is 0.438. The Morgan fingerprint density at radius 1 is 1.30 bits per heavy atom. The number of hydrogen-bond donors (Lipinski definition) is 0. The van der Waals surface area contributed by atoms with Crippen molar-refractivity contribution < 1.29 is 9.53 Å². The standard InChI is InChI=1S/C16H16BrNO2/c17-10-5-6-12-11(9-10)15-13(19)3-1-2-4-14-16(15)18(12)7-8-20-14/h5-6,9,14H,1-4,7-8H2/t14-/m1/s1. The van der Waals surface area contributed by atoms with Crippen LogP contribution in [0.4, 0.5) is 0 Å². The highest BCUT2D eigenvalue weighted by Crippen LogP contribution is 2.40. The van der Waals surface area contributed by atoms with Gasteiger partial charge in [0, 0.05) is 33.9 Å².